The van der Waals surface area contributed by atoms with Gasteiger partial charge < -0.3 is 25.3 Å². The number of carbonyl (C=O) groups is 1. The van der Waals surface area contributed by atoms with Gasteiger partial charge in [-0.25, -0.2) is 21.6 Å². The van der Waals surface area contributed by atoms with Crippen LogP contribution in [0, 0.1) is 5.41 Å². The van der Waals surface area contributed by atoms with Gasteiger partial charge in [-0.15, -0.1) is 11.8 Å². The molecule has 0 aromatic heterocycles. The van der Waals surface area contributed by atoms with Crippen LogP contribution in [0.25, 0.3) is 5.57 Å². The van der Waals surface area contributed by atoms with Crippen LogP contribution in [-0.4, -0.2) is 140 Å². The molecule has 4 aromatic carbocycles. The summed E-state index contributed by atoms with van der Waals surface area (Å²) in [6, 6.07) is 26.2. The van der Waals surface area contributed by atoms with E-state index in [1.165, 1.54) is 40.6 Å². The largest absolute Gasteiger partial charge is 0.501 e. The van der Waals surface area contributed by atoms with E-state index in [0.717, 1.165) is 151 Å². The van der Waals surface area contributed by atoms with Gasteiger partial charge in [0.05, 0.1) is 10.6 Å². The second-order valence-electron chi connectivity index (χ2n) is 20.0. The Morgan fingerprint density at radius 3 is 2.15 bits per heavy atom. The van der Waals surface area contributed by atoms with Gasteiger partial charge in [-0.05, 0) is 135 Å². The van der Waals surface area contributed by atoms with E-state index in [1.807, 2.05) is 47.2 Å². The van der Waals surface area contributed by atoms with Crippen molar-refractivity contribution < 1.29 is 34.8 Å². The van der Waals surface area contributed by atoms with E-state index in [1.54, 1.807) is 12.1 Å². The van der Waals surface area contributed by atoms with Gasteiger partial charge in [-0.2, -0.15) is 13.2 Å². The summed E-state index contributed by atoms with van der Waals surface area (Å²) in [5, 5.41) is 7.24. The number of hydrogen-bond acceptors (Lipinski definition) is 12. The Morgan fingerprint density at radius 2 is 1.49 bits per heavy atom. The number of carbonyl (C=O) groups excluding carboxylic acids is 1. The predicted molar refractivity (Wildman–Crippen MR) is 283 cm³/mol. The fourth-order valence-electron chi connectivity index (χ4n) is 10.5. The summed E-state index contributed by atoms with van der Waals surface area (Å²) in [6.45, 7) is 14.1. The number of nitrogens with zero attached hydrogens (tertiary/aromatic N) is 4. The Morgan fingerprint density at radius 1 is 0.806 bits per heavy atom. The minimum absolute atomic E-state index is 0.00776. The molecule has 19 heteroatoms. The lowest BCUT2D eigenvalue weighted by atomic mass is 9.71. The van der Waals surface area contributed by atoms with E-state index in [2.05, 4.69) is 49.3 Å². The number of thioether (sulfide) groups is 1. The maximum Gasteiger partial charge on any atom is 0.501 e. The highest BCUT2D eigenvalue weighted by Crippen LogP contribution is 2.44. The zero-order valence-electron chi connectivity index (χ0n) is 40.9. The van der Waals surface area contributed by atoms with Crippen LogP contribution in [0.15, 0.2) is 117 Å². The number of sulfone groups is 1. The van der Waals surface area contributed by atoms with Crippen LogP contribution in [-0.2, 0) is 19.9 Å². The minimum atomic E-state index is -6.05. The third-order valence-corrected chi connectivity index (χ3v) is 18.7. The van der Waals surface area contributed by atoms with Crippen LogP contribution in [0.3, 0.4) is 0 Å². The summed E-state index contributed by atoms with van der Waals surface area (Å²) in [5.74, 6) is -0.613. The Bertz CT molecular complexity index is 2710. The zero-order chi connectivity index (χ0) is 50.9. The van der Waals surface area contributed by atoms with Crippen molar-refractivity contribution in [3.63, 3.8) is 0 Å². The fourth-order valence-corrected chi connectivity index (χ4v) is 13.6. The van der Waals surface area contributed by atoms with Gasteiger partial charge >= 0.3 is 5.51 Å². The topological polar surface area (TPSA) is 134 Å². The number of piperazine rings is 2. The zero-order valence-corrected chi connectivity index (χ0v) is 44.1. The lowest BCUT2D eigenvalue weighted by Crippen LogP contribution is -2.49. The number of halogens is 4. The number of benzene rings is 4. The van der Waals surface area contributed by atoms with Crippen LogP contribution in [0.2, 0.25) is 5.02 Å². The van der Waals surface area contributed by atoms with E-state index < -0.39 is 47.1 Å². The molecule has 3 heterocycles. The summed E-state index contributed by atoms with van der Waals surface area (Å²) in [5.41, 5.74) is -0.953. The van der Waals surface area contributed by atoms with Gasteiger partial charge in [0, 0.05) is 105 Å². The molecule has 1 amide bonds. The number of anilines is 2. The van der Waals surface area contributed by atoms with Gasteiger partial charge in [0.1, 0.15) is 4.90 Å². The molecule has 72 heavy (non-hydrogen) atoms. The van der Waals surface area contributed by atoms with E-state index in [0.29, 0.717) is 24.8 Å². The molecule has 3 saturated heterocycles. The second-order valence-corrected chi connectivity index (χ2v) is 25.1. The van der Waals surface area contributed by atoms with E-state index in [-0.39, 0.29) is 16.7 Å². The van der Waals surface area contributed by atoms with E-state index in [9.17, 15) is 34.8 Å². The van der Waals surface area contributed by atoms with Gasteiger partial charge in [0.25, 0.3) is 25.8 Å². The molecular weight excluding hydrogens is 1000 g/mol. The first-order valence-corrected chi connectivity index (χ1v) is 29.4. The SMILES string of the molecule is C[C@@]1(CN2CCNCC2)CCC(c2ccc(Cl)cc2)=C(CN2CCN(c3ccc(C(=O)NS(=O)(=O)c4ccc(N[C@H](CCN5CCCCCC5)CSc5ccccc5)c(S(=O)(=O)C(F)(F)F)c4)cc3)CC2)C1. The summed E-state index contributed by atoms with van der Waals surface area (Å²) in [6.07, 6.45) is 8.02. The molecule has 3 N–H and O–H groups in total. The standard InChI is InChI=1S/C53H67ClF3N7O5S3/c1-52(39-63-29-24-58-25-30-63)23-21-48(40-11-15-43(54)16-12-40)42(36-52)37-62-31-33-64(34-32-62)45-17-13-41(14-18-45)51(65)60-72(68,69)47-19-20-49(50(35-47)71(66,67)53(55,56)57)59-44(38-70-46-9-5-4-6-10-46)22-28-61-26-7-2-3-8-27-61/h4-6,9-20,35,44,58-59H,2-3,7-8,21-34,36-39H2,1H3,(H,60,65)/t44-,52-/m1/s1. The Balaban J connectivity index is 0.922. The first-order chi connectivity index (χ1) is 34.4. The number of sulfonamides is 1. The number of alkyl halides is 3. The van der Waals surface area contributed by atoms with Crippen LogP contribution in [0.5, 0.6) is 0 Å². The number of allylic oxidation sites excluding steroid dienone is 1. The van der Waals surface area contributed by atoms with E-state index >= 15 is 0 Å². The molecule has 0 spiro atoms. The molecule has 0 radical (unpaired) electrons. The second kappa shape index (κ2) is 24.0. The molecule has 3 aliphatic heterocycles. The van der Waals surface area contributed by atoms with Crippen molar-refractivity contribution in [3.05, 3.63) is 119 Å². The quantitative estimate of drug-likeness (QED) is 0.0821. The average Bonchev–Trinajstić information content (AvgIpc) is 3.65. The minimum Gasteiger partial charge on any atom is -0.380 e. The third-order valence-electron chi connectivity index (χ3n) is 14.5. The molecule has 4 aliphatic rings. The van der Waals surface area contributed by atoms with Gasteiger partial charge in [0.2, 0.25) is 0 Å². The van der Waals surface area contributed by atoms with Crippen molar-refractivity contribution in [1.82, 2.24) is 24.7 Å². The fraction of sp³-hybridized carbons (Fsp3) is 0.491. The summed E-state index contributed by atoms with van der Waals surface area (Å²) >= 11 is 7.77. The van der Waals surface area contributed by atoms with Gasteiger partial charge in [-0.3, -0.25) is 9.69 Å². The molecule has 4 aromatic rings. The lowest BCUT2D eigenvalue weighted by molar-refractivity contribution is -0.0435. The van der Waals surface area contributed by atoms with Crippen molar-refractivity contribution in [2.75, 3.05) is 101 Å². The van der Waals surface area contributed by atoms with Crippen LogP contribution in [0.1, 0.15) is 74.2 Å². The highest BCUT2D eigenvalue weighted by molar-refractivity contribution is 7.99. The molecule has 3 fully saturated rings. The van der Waals surface area contributed by atoms with Crippen molar-refractivity contribution in [2.45, 2.75) is 84.5 Å². The molecule has 12 nitrogen and oxygen atoms in total. The van der Waals surface area contributed by atoms with Crippen molar-refractivity contribution >= 4 is 66.1 Å². The molecule has 390 valence electrons. The molecule has 0 saturated carbocycles. The van der Waals surface area contributed by atoms with Gasteiger partial charge in [0.15, 0.2) is 0 Å². The van der Waals surface area contributed by atoms with Crippen LogP contribution >= 0.6 is 23.4 Å². The highest BCUT2D eigenvalue weighted by atomic mass is 35.5. The molecular formula is C53H67ClF3N7O5S3. The number of hydrogen-bond donors (Lipinski definition) is 3. The number of rotatable bonds is 18. The lowest BCUT2D eigenvalue weighted by Gasteiger charge is -2.43. The Kier molecular flexibility index (Phi) is 18.1. The molecule has 0 bridgehead atoms. The summed E-state index contributed by atoms with van der Waals surface area (Å²) in [4.78, 5) is 22.0. The molecule has 1 aliphatic carbocycles. The highest BCUT2D eigenvalue weighted by Gasteiger charge is 2.48. The number of likely N-dealkylation sites (tertiary alicyclic amines) is 1. The van der Waals surface area contributed by atoms with Gasteiger partial charge in [-0.1, -0.05) is 67.3 Å². The van der Waals surface area contributed by atoms with Crippen molar-refractivity contribution in [1.29, 1.82) is 0 Å². The Labute approximate surface area is 433 Å². The van der Waals surface area contributed by atoms with Crippen LogP contribution in [0.4, 0.5) is 24.5 Å². The van der Waals surface area contributed by atoms with Crippen molar-refractivity contribution in [2.24, 2.45) is 5.41 Å². The summed E-state index contributed by atoms with van der Waals surface area (Å²) in [7, 11) is -10.9. The number of nitrogens with one attached hydrogen (secondary N) is 3. The summed E-state index contributed by atoms with van der Waals surface area (Å²) < 4.78 is 98.6. The monoisotopic (exact) mass is 1070 g/mol. The normalized spacial score (nSPS) is 20.8. The molecule has 8 rings (SSSR count). The average molecular weight is 1070 g/mol. The predicted octanol–water partition coefficient (Wildman–Crippen LogP) is 9.26. The first-order valence-electron chi connectivity index (χ1n) is 25.1. The maximum atomic E-state index is 14.3. The van der Waals surface area contributed by atoms with Crippen LogP contribution < -0.4 is 20.3 Å². The first kappa shape index (κ1) is 54.1. The maximum absolute atomic E-state index is 14.3. The van der Waals surface area contributed by atoms with E-state index in [4.69, 9.17) is 11.6 Å². The molecule has 2 atom stereocenters. The number of amides is 1. The molecule has 0 unspecified atom stereocenters. The smallest absolute Gasteiger partial charge is 0.380 e. The third kappa shape index (κ3) is 14.2. The van der Waals surface area contributed by atoms with Crippen molar-refractivity contribution in [3.8, 4) is 0 Å². The Hall–Kier alpha value is -4.14.